The Morgan fingerprint density at radius 1 is 1.52 bits per heavy atom. The molecule has 2 rings (SSSR count). The number of nitrogens with one attached hydrogen (secondary N) is 1. The van der Waals surface area contributed by atoms with Crippen molar-refractivity contribution in [2.24, 2.45) is 0 Å². The summed E-state index contributed by atoms with van der Waals surface area (Å²) in [7, 11) is 2.05. The SMILES string of the molecule is CNc1ncc(Br)cc1S(=O)(=O)N1CCCC1CN(C)C. The smallest absolute Gasteiger partial charge is 0.247 e. The van der Waals surface area contributed by atoms with Crippen molar-refractivity contribution >= 4 is 31.8 Å². The van der Waals surface area contributed by atoms with Crippen molar-refractivity contribution in [1.29, 1.82) is 0 Å². The van der Waals surface area contributed by atoms with E-state index < -0.39 is 10.0 Å². The molecule has 0 spiro atoms. The first-order valence-electron chi connectivity index (χ1n) is 6.86. The van der Waals surface area contributed by atoms with Gasteiger partial charge in [-0.3, -0.25) is 0 Å². The molecule has 8 heteroatoms. The average molecular weight is 377 g/mol. The number of nitrogens with zero attached hydrogens (tertiary/aromatic N) is 3. The summed E-state index contributed by atoms with van der Waals surface area (Å²) >= 11 is 3.30. The zero-order valence-corrected chi connectivity index (χ0v) is 14.9. The fraction of sp³-hybridized carbons (Fsp3) is 0.615. The maximum absolute atomic E-state index is 13.0. The van der Waals surface area contributed by atoms with E-state index in [1.54, 1.807) is 23.6 Å². The Morgan fingerprint density at radius 3 is 2.86 bits per heavy atom. The highest BCUT2D eigenvalue weighted by Crippen LogP contribution is 2.30. The van der Waals surface area contributed by atoms with Crippen LogP contribution in [0.15, 0.2) is 21.6 Å². The van der Waals surface area contributed by atoms with Gasteiger partial charge in [-0.25, -0.2) is 13.4 Å². The van der Waals surface area contributed by atoms with Gasteiger partial charge < -0.3 is 10.2 Å². The predicted octanol–water partition coefficient (Wildman–Crippen LogP) is 1.60. The van der Waals surface area contributed by atoms with Crippen molar-refractivity contribution < 1.29 is 8.42 Å². The van der Waals surface area contributed by atoms with E-state index in [1.165, 1.54) is 0 Å². The number of aromatic nitrogens is 1. The number of hydrogen-bond donors (Lipinski definition) is 1. The maximum Gasteiger partial charge on any atom is 0.247 e. The fourth-order valence-corrected chi connectivity index (χ4v) is 5.01. The van der Waals surface area contributed by atoms with Crippen LogP contribution in [0.3, 0.4) is 0 Å². The zero-order chi connectivity index (χ0) is 15.6. The van der Waals surface area contributed by atoms with Crippen molar-refractivity contribution in [1.82, 2.24) is 14.2 Å². The molecule has 1 unspecified atom stereocenters. The molecular formula is C13H21BrN4O2S. The fourth-order valence-electron chi connectivity index (χ4n) is 2.66. The second kappa shape index (κ2) is 6.60. The number of rotatable bonds is 5. The highest BCUT2D eigenvalue weighted by atomic mass is 79.9. The van der Waals surface area contributed by atoms with Crippen LogP contribution in [0.5, 0.6) is 0 Å². The molecule has 21 heavy (non-hydrogen) atoms. The summed E-state index contributed by atoms with van der Waals surface area (Å²) in [6.45, 7) is 1.30. The minimum Gasteiger partial charge on any atom is -0.372 e. The molecule has 1 saturated heterocycles. The van der Waals surface area contributed by atoms with Crippen LogP contribution in [-0.2, 0) is 10.0 Å². The molecule has 1 aliphatic rings. The van der Waals surface area contributed by atoms with E-state index in [9.17, 15) is 8.42 Å². The molecule has 0 radical (unpaired) electrons. The molecule has 1 N–H and O–H groups in total. The first-order chi connectivity index (χ1) is 9.86. The molecule has 0 aromatic carbocycles. The summed E-state index contributed by atoms with van der Waals surface area (Å²) in [5.41, 5.74) is 0. The van der Waals surface area contributed by atoms with E-state index in [-0.39, 0.29) is 10.9 Å². The van der Waals surface area contributed by atoms with Crippen LogP contribution < -0.4 is 5.32 Å². The number of likely N-dealkylation sites (N-methyl/N-ethyl adjacent to an activating group) is 1. The summed E-state index contributed by atoms with van der Waals surface area (Å²) in [5, 5.41) is 2.86. The van der Waals surface area contributed by atoms with Crippen molar-refractivity contribution in [2.45, 2.75) is 23.8 Å². The standard InChI is InChI=1S/C13H21BrN4O2S/c1-15-13-12(7-10(14)8-16-13)21(19,20)18-6-4-5-11(18)9-17(2)3/h7-8,11H,4-6,9H2,1-3H3,(H,15,16). The van der Waals surface area contributed by atoms with Crippen molar-refractivity contribution in [3.05, 3.63) is 16.7 Å². The number of halogens is 1. The third-order valence-electron chi connectivity index (χ3n) is 3.54. The Labute approximate surface area is 134 Å². The Morgan fingerprint density at radius 2 is 2.24 bits per heavy atom. The largest absolute Gasteiger partial charge is 0.372 e. The molecule has 2 heterocycles. The predicted molar refractivity (Wildman–Crippen MR) is 87.0 cm³/mol. The van der Waals surface area contributed by atoms with E-state index in [1.807, 2.05) is 19.0 Å². The second-order valence-corrected chi connectivity index (χ2v) is 8.20. The lowest BCUT2D eigenvalue weighted by Crippen LogP contribution is -2.41. The Kier molecular flexibility index (Phi) is 5.24. The minimum atomic E-state index is -3.55. The van der Waals surface area contributed by atoms with E-state index in [0.717, 1.165) is 19.4 Å². The molecule has 1 aromatic heterocycles. The van der Waals surface area contributed by atoms with E-state index in [4.69, 9.17) is 0 Å². The Bertz CT molecular complexity index is 606. The maximum atomic E-state index is 13.0. The summed E-state index contributed by atoms with van der Waals surface area (Å²) in [4.78, 5) is 6.40. The zero-order valence-electron chi connectivity index (χ0n) is 12.5. The van der Waals surface area contributed by atoms with Crippen LogP contribution in [0.4, 0.5) is 5.82 Å². The van der Waals surface area contributed by atoms with Crippen LogP contribution in [0.2, 0.25) is 0 Å². The lowest BCUT2D eigenvalue weighted by molar-refractivity contribution is 0.291. The van der Waals surface area contributed by atoms with E-state index in [0.29, 0.717) is 16.8 Å². The molecule has 1 aromatic rings. The molecule has 0 bridgehead atoms. The van der Waals surface area contributed by atoms with Crippen molar-refractivity contribution in [3.8, 4) is 0 Å². The lowest BCUT2D eigenvalue weighted by atomic mass is 10.2. The van der Waals surface area contributed by atoms with Crippen molar-refractivity contribution in [2.75, 3.05) is 39.5 Å². The second-order valence-electron chi connectivity index (χ2n) is 5.42. The van der Waals surface area contributed by atoms with Gasteiger partial charge in [0, 0.05) is 36.8 Å². The van der Waals surface area contributed by atoms with E-state index >= 15 is 0 Å². The van der Waals surface area contributed by atoms with Gasteiger partial charge in [-0.15, -0.1) is 0 Å². The van der Waals surface area contributed by atoms with Crippen LogP contribution in [-0.4, -0.2) is 62.9 Å². The first-order valence-corrected chi connectivity index (χ1v) is 9.09. The first kappa shape index (κ1) is 16.7. The van der Waals surface area contributed by atoms with Crippen LogP contribution >= 0.6 is 15.9 Å². The molecular weight excluding hydrogens is 356 g/mol. The molecule has 1 fully saturated rings. The quantitative estimate of drug-likeness (QED) is 0.845. The van der Waals surface area contributed by atoms with Crippen molar-refractivity contribution in [3.63, 3.8) is 0 Å². The van der Waals surface area contributed by atoms with Gasteiger partial charge in [0.05, 0.1) is 0 Å². The number of sulfonamides is 1. The summed E-state index contributed by atoms with van der Waals surface area (Å²) < 4.78 is 28.2. The van der Waals surface area contributed by atoms with Gasteiger partial charge in [0.25, 0.3) is 0 Å². The summed E-state index contributed by atoms with van der Waals surface area (Å²) in [6.07, 6.45) is 3.38. The lowest BCUT2D eigenvalue weighted by Gasteiger charge is -2.27. The molecule has 0 aliphatic carbocycles. The van der Waals surface area contributed by atoms with Gasteiger partial charge in [0.2, 0.25) is 10.0 Å². The average Bonchev–Trinajstić information content (AvgIpc) is 2.86. The third kappa shape index (κ3) is 3.56. The third-order valence-corrected chi connectivity index (χ3v) is 5.94. The molecule has 0 saturated carbocycles. The van der Waals surface area contributed by atoms with Crippen LogP contribution in [0, 0.1) is 0 Å². The van der Waals surface area contributed by atoms with Crippen LogP contribution in [0.1, 0.15) is 12.8 Å². The van der Waals surface area contributed by atoms with Gasteiger partial charge in [0.15, 0.2) is 0 Å². The molecule has 6 nitrogen and oxygen atoms in total. The van der Waals surface area contributed by atoms with Gasteiger partial charge in [-0.2, -0.15) is 4.31 Å². The van der Waals surface area contributed by atoms with Gasteiger partial charge in [0.1, 0.15) is 10.7 Å². The molecule has 1 aliphatic heterocycles. The topological polar surface area (TPSA) is 65.5 Å². The monoisotopic (exact) mass is 376 g/mol. The minimum absolute atomic E-state index is 0.0219. The van der Waals surface area contributed by atoms with E-state index in [2.05, 4.69) is 26.2 Å². The van der Waals surface area contributed by atoms with Crippen LogP contribution in [0.25, 0.3) is 0 Å². The summed E-state index contributed by atoms with van der Waals surface area (Å²) in [5.74, 6) is 0.383. The highest BCUT2D eigenvalue weighted by molar-refractivity contribution is 9.10. The highest BCUT2D eigenvalue weighted by Gasteiger charge is 2.37. The normalized spacial score (nSPS) is 20.1. The molecule has 0 amide bonds. The molecule has 118 valence electrons. The number of anilines is 1. The summed E-state index contributed by atoms with van der Waals surface area (Å²) in [6, 6.07) is 1.63. The number of pyridine rings is 1. The Hall–Kier alpha value is -0.700. The Balaban J connectivity index is 2.39. The number of hydrogen-bond acceptors (Lipinski definition) is 5. The van der Waals surface area contributed by atoms with Gasteiger partial charge >= 0.3 is 0 Å². The van der Waals surface area contributed by atoms with Gasteiger partial charge in [-0.05, 0) is 48.9 Å². The van der Waals surface area contributed by atoms with Gasteiger partial charge in [-0.1, -0.05) is 0 Å². The molecule has 1 atom stereocenters.